The Balaban J connectivity index is 0. The lowest BCUT2D eigenvalue weighted by Gasteiger charge is -2.21. The number of aromatic nitrogens is 1. The minimum absolute atomic E-state index is 0.0816. The van der Waals surface area contributed by atoms with Crippen LogP contribution in [0.5, 0.6) is 0 Å². The largest absolute Gasteiger partial charge is 0.317 e. The van der Waals surface area contributed by atoms with E-state index in [1.54, 1.807) is 24.7 Å². The van der Waals surface area contributed by atoms with Crippen LogP contribution in [0.25, 0.3) is 0 Å². The highest BCUT2D eigenvalue weighted by atomic mass is 32.2. The topological polar surface area (TPSA) is 105 Å². The lowest BCUT2D eigenvalue weighted by atomic mass is 10.1. The van der Waals surface area contributed by atoms with E-state index in [4.69, 9.17) is 5.21 Å². The molecule has 1 atom stereocenters. The average Bonchev–Trinajstić information content (AvgIpc) is 2.47. The highest BCUT2D eigenvalue weighted by molar-refractivity contribution is 7.92. The van der Waals surface area contributed by atoms with Crippen molar-refractivity contribution in [1.82, 2.24) is 10.0 Å². The van der Waals surface area contributed by atoms with Gasteiger partial charge in [0, 0.05) is 32.1 Å². The summed E-state index contributed by atoms with van der Waals surface area (Å²) < 4.78 is 23.0. The van der Waals surface area contributed by atoms with Crippen LogP contribution in [0.3, 0.4) is 0 Å². The van der Waals surface area contributed by atoms with Gasteiger partial charge in [-0.25, -0.2) is 13.9 Å². The van der Waals surface area contributed by atoms with Crippen LogP contribution in [-0.4, -0.2) is 42.5 Å². The summed E-state index contributed by atoms with van der Waals surface area (Å²) in [4.78, 5) is 22.6. The van der Waals surface area contributed by atoms with Crippen LogP contribution in [0.15, 0.2) is 23.1 Å². The number of hydroxylamine groups is 1. The molecular formula is C15H28N2O5S. The second-order valence-corrected chi connectivity index (χ2v) is 7.39. The van der Waals surface area contributed by atoms with Gasteiger partial charge in [0.2, 0.25) is 0 Å². The van der Waals surface area contributed by atoms with E-state index in [9.17, 15) is 18.0 Å². The Kier molecular flexibility index (Phi) is 11.5. The van der Waals surface area contributed by atoms with Gasteiger partial charge in [-0.15, -0.1) is 0 Å². The third-order valence-corrected chi connectivity index (χ3v) is 5.09. The molecule has 0 radical (unpaired) electrons. The quantitative estimate of drug-likeness (QED) is 0.611. The SMILES string of the molecule is CC.CNO.Cc1ccn(CCC(C)(C=O)S(C)(=O)=O)c(=O)c1. The molecule has 134 valence electrons. The maximum absolute atomic E-state index is 11.6. The van der Waals surface area contributed by atoms with Gasteiger partial charge in [-0.1, -0.05) is 13.8 Å². The number of sulfone groups is 1. The summed E-state index contributed by atoms with van der Waals surface area (Å²) >= 11 is 0. The number of hydrogen-bond acceptors (Lipinski definition) is 6. The second kappa shape index (κ2) is 11.1. The molecule has 0 bridgehead atoms. The lowest BCUT2D eigenvalue weighted by molar-refractivity contribution is -0.109. The lowest BCUT2D eigenvalue weighted by Crippen LogP contribution is -2.38. The molecular weight excluding hydrogens is 320 g/mol. The summed E-state index contributed by atoms with van der Waals surface area (Å²) in [6.45, 7) is 7.37. The van der Waals surface area contributed by atoms with Crippen LogP contribution in [0.2, 0.25) is 0 Å². The molecule has 2 N–H and O–H groups in total. The summed E-state index contributed by atoms with van der Waals surface area (Å²) in [6, 6.07) is 3.23. The zero-order chi connectivity index (χ0) is 18.7. The van der Waals surface area contributed by atoms with E-state index in [1.165, 1.54) is 24.6 Å². The smallest absolute Gasteiger partial charge is 0.250 e. The number of rotatable bonds is 5. The van der Waals surface area contributed by atoms with Crippen molar-refractivity contribution in [2.24, 2.45) is 0 Å². The molecule has 0 aliphatic rings. The minimum Gasteiger partial charge on any atom is -0.317 e. The van der Waals surface area contributed by atoms with Crippen molar-refractivity contribution in [1.29, 1.82) is 0 Å². The molecule has 0 saturated heterocycles. The van der Waals surface area contributed by atoms with Gasteiger partial charge in [-0.2, -0.15) is 0 Å². The van der Waals surface area contributed by atoms with Crippen molar-refractivity contribution in [2.75, 3.05) is 13.3 Å². The van der Waals surface area contributed by atoms with Crippen molar-refractivity contribution >= 4 is 16.1 Å². The number of hydrogen-bond donors (Lipinski definition) is 2. The zero-order valence-electron chi connectivity index (χ0n) is 14.7. The van der Waals surface area contributed by atoms with Crippen molar-refractivity contribution < 1.29 is 18.4 Å². The molecule has 0 fully saturated rings. The van der Waals surface area contributed by atoms with Crippen LogP contribution < -0.4 is 11.0 Å². The zero-order valence-corrected chi connectivity index (χ0v) is 15.5. The van der Waals surface area contributed by atoms with Gasteiger partial charge in [0.1, 0.15) is 11.0 Å². The molecule has 8 heteroatoms. The van der Waals surface area contributed by atoms with Crippen molar-refractivity contribution in [3.05, 3.63) is 34.2 Å². The predicted molar refractivity (Wildman–Crippen MR) is 91.6 cm³/mol. The number of carbonyl (C=O) groups excluding carboxylic acids is 1. The Morgan fingerprint density at radius 1 is 1.39 bits per heavy atom. The van der Waals surface area contributed by atoms with Gasteiger partial charge in [-0.3, -0.25) is 4.79 Å². The first-order chi connectivity index (χ1) is 10.6. The third kappa shape index (κ3) is 8.06. The van der Waals surface area contributed by atoms with Gasteiger partial charge in [0.25, 0.3) is 5.56 Å². The Bertz CT molecular complexity index is 625. The van der Waals surface area contributed by atoms with E-state index >= 15 is 0 Å². The van der Waals surface area contributed by atoms with E-state index in [-0.39, 0.29) is 18.5 Å². The molecule has 1 unspecified atom stereocenters. The van der Waals surface area contributed by atoms with Gasteiger partial charge in [-0.05, 0) is 31.9 Å². The number of carbonyl (C=O) groups is 1. The Morgan fingerprint density at radius 3 is 2.22 bits per heavy atom. The molecule has 0 aliphatic heterocycles. The number of aldehydes is 1. The van der Waals surface area contributed by atoms with Gasteiger partial charge in [0.15, 0.2) is 9.84 Å². The van der Waals surface area contributed by atoms with Crippen molar-refractivity contribution in [3.8, 4) is 0 Å². The Labute approximate surface area is 138 Å². The fraction of sp³-hybridized carbons (Fsp3) is 0.600. The van der Waals surface area contributed by atoms with E-state index < -0.39 is 14.6 Å². The van der Waals surface area contributed by atoms with Crippen LogP contribution >= 0.6 is 0 Å². The third-order valence-electron chi connectivity index (χ3n) is 3.10. The van der Waals surface area contributed by atoms with Gasteiger partial charge >= 0.3 is 0 Å². The second-order valence-electron chi connectivity index (χ2n) is 4.91. The number of nitrogens with zero attached hydrogens (tertiary/aromatic N) is 1. The number of nitrogens with one attached hydrogen (secondary N) is 1. The first-order valence-corrected chi connectivity index (χ1v) is 9.14. The van der Waals surface area contributed by atoms with Gasteiger partial charge in [0.05, 0.1) is 0 Å². The maximum atomic E-state index is 11.6. The highest BCUT2D eigenvalue weighted by Gasteiger charge is 2.35. The van der Waals surface area contributed by atoms with Crippen molar-refractivity contribution in [3.63, 3.8) is 0 Å². The fourth-order valence-electron chi connectivity index (χ4n) is 1.47. The number of aryl methyl sites for hydroxylation is 2. The molecule has 0 spiro atoms. The van der Waals surface area contributed by atoms with Crippen LogP contribution in [-0.2, 0) is 21.2 Å². The molecule has 1 aromatic heterocycles. The highest BCUT2D eigenvalue weighted by Crippen LogP contribution is 2.18. The molecule has 23 heavy (non-hydrogen) atoms. The van der Waals surface area contributed by atoms with Crippen molar-refractivity contribution in [2.45, 2.75) is 45.4 Å². The molecule has 1 rings (SSSR count). The molecule has 7 nitrogen and oxygen atoms in total. The summed E-state index contributed by atoms with van der Waals surface area (Å²) in [5.41, 5.74) is 2.40. The minimum atomic E-state index is -3.49. The first-order valence-electron chi connectivity index (χ1n) is 7.25. The van der Waals surface area contributed by atoms with Crippen LogP contribution in [0.1, 0.15) is 32.8 Å². The summed E-state index contributed by atoms with van der Waals surface area (Å²) in [6.07, 6.45) is 3.14. The molecule has 1 aromatic rings. The molecule has 1 heterocycles. The normalized spacial score (nSPS) is 12.8. The average molecular weight is 348 g/mol. The van der Waals surface area contributed by atoms with E-state index in [0.717, 1.165) is 11.8 Å². The van der Waals surface area contributed by atoms with E-state index in [0.29, 0.717) is 6.29 Å². The molecule has 0 aromatic carbocycles. The van der Waals surface area contributed by atoms with Crippen LogP contribution in [0.4, 0.5) is 0 Å². The fourth-order valence-corrected chi connectivity index (χ4v) is 2.10. The Hall–Kier alpha value is -1.51. The predicted octanol–water partition coefficient (Wildman–Crippen LogP) is 1.17. The summed E-state index contributed by atoms with van der Waals surface area (Å²) in [7, 11) is -2.06. The Morgan fingerprint density at radius 2 is 1.87 bits per heavy atom. The molecule has 0 amide bonds. The van der Waals surface area contributed by atoms with Crippen LogP contribution in [0, 0.1) is 6.92 Å². The summed E-state index contributed by atoms with van der Waals surface area (Å²) in [5, 5.41) is 7.32. The first kappa shape index (κ1) is 23.8. The van der Waals surface area contributed by atoms with E-state index in [2.05, 4.69) is 0 Å². The summed E-state index contributed by atoms with van der Waals surface area (Å²) in [5.74, 6) is 0. The van der Waals surface area contributed by atoms with E-state index in [1.807, 2.05) is 13.8 Å². The monoisotopic (exact) mass is 348 g/mol. The molecule has 0 saturated carbocycles. The van der Waals surface area contributed by atoms with Gasteiger partial charge < -0.3 is 14.6 Å². The number of pyridine rings is 1. The standard InChI is InChI=1S/C12H17NO4S.C2H6.CH5NO/c1-10-4-6-13(11(15)8-10)7-5-12(2,9-14)18(3,16)17;1-2;1-2-3/h4,6,8-9H,5,7H2,1-3H3;1-2H3;2-3H,1H3. The maximum Gasteiger partial charge on any atom is 0.250 e. The molecule has 0 aliphatic carbocycles.